The van der Waals surface area contributed by atoms with Crippen LogP contribution in [0.15, 0.2) is 72.9 Å². The summed E-state index contributed by atoms with van der Waals surface area (Å²) in [6, 6.07) is 19.0. The van der Waals surface area contributed by atoms with E-state index in [0.717, 1.165) is 29.8 Å². The Labute approximate surface area is 260 Å². The maximum atomic E-state index is 13.0. The van der Waals surface area contributed by atoms with Gasteiger partial charge in [-0.05, 0) is 55.3 Å². The van der Waals surface area contributed by atoms with E-state index in [0.29, 0.717) is 35.5 Å². The molecule has 0 unspecified atom stereocenters. The summed E-state index contributed by atoms with van der Waals surface area (Å²) in [6.45, 7) is 1.27. The summed E-state index contributed by atoms with van der Waals surface area (Å²) in [5, 5.41) is 12.1. The minimum Gasteiger partial charge on any atom is -0.392 e. The molecule has 45 heavy (non-hydrogen) atoms. The van der Waals surface area contributed by atoms with Gasteiger partial charge in [0.1, 0.15) is 6.04 Å². The molecule has 4 atom stereocenters. The first-order valence-corrected chi connectivity index (χ1v) is 15.0. The summed E-state index contributed by atoms with van der Waals surface area (Å²) in [5.74, 6) is -2.66. The second kappa shape index (κ2) is 14.5. The van der Waals surface area contributed by atoms with Gasteiger partial charge >= 0.3 is 12.1 Å². The van der Waals surface area contributed by atoms with Gasteiger partial charge in [-0.1, -0.05) is 42.5 Å². The van der Waals surface area contributed by atoms with Gasteiger partial charge < -0.3 is 29.7 Å². The number of hydrogen-bond donors (Lipinski definition) is 2. The highest BCUT2D eigenvalue weighted by molar-refractivity contribution is 5.98. The van der Waals surface area contributed by atoms with Crippen LogP contribution in [-0.4, -0.2) is 76.7 Å². The maximum absolute atomic E-state index is 13.0. The Morgan fingerprint density at radius 2 is 1.78 bits per heavy atom. The number of ether oxygens (including phenoxy) is 2. The van der Waals surface area contributed by atoms with Crippen LogP contribution in [0.5, 0.6) is 0 Å². The van der Waals surface area contributed by atoms with Crippen LogP contribution < -0.4 is 5.32 Å². The first-order chi connectivity index (χ1) is 21.6. The SMILES string of the molecule is CN(CCc1ccccn1)C[C@H]1C[C@@H](c2ccc(CO)cc2)O[C@@H](c2ccc(NC(=O)[C@@H]3CCCN3C(=O)C(F)(F)F)cc2)O1. The fourth-order valence-electron chi connectivity index (χ4n) is 5.72. The molecule has 0 bridgehead atoms. The van der Waals surface area contributed by atoms with Crippen molar-refractivity contribution in [2.45, 2.75) is 63.0 Å². The van der Waals surface area contributed by atoms with E-state index in [-0.39, 0.29) is 31.8 Å². The van der Waals surface area contributed by atoms with Crippen LogP contribution in [0, 0.1) is 0 Å². The average Bonchev–Trinajstić information content (AvgIpc) is 3.54. The molecule has 1 aromatic heterocycles. The molecule has 9 nitrogen and oxygen atoms in total. The van der Waals surface area contributed by atoms with E-state index < -0.39 is 30.3 Å². The Kier molecular flexibility index (Phi) is 10.5. The van der Waals surface area contributed by atoms with Gasteiger partial charge in [-0.15, -0.1) is 0 Å². The number of likely N-dealkylation sites (tertiary alicyclic amines) is 1. The fraction of sp³-hybridized carbons (Fsp3) is 0.424. The third-order valence-corrected chi connectivity index (χ3v) is 8.12. The summed E-state index contributed by atoms with van der Waals surface area (Å²) in [5.41, 5.74) is 3.86. The first kappa shape index (κ1) is 32.6. The maximum Gasteiger partial charge on any atom is 0.471 e. The van der Waals surface area contributed by atoms with Gasteiger partial charge in [0.05, 0.1) is 18.8 Å². The lowest BCUT2D eigenvalue weighted by Crippen LogP contribution is -2.48. The van der Waals surface area contributed by atoms with Crippen molar-refractivity contribution in [1.29, 1.82) is 0 Å². The van der Waals surface area contributed by atoms with E-state index in [1.54, 1.807) is 30.5 Å². The number of carbonyl (C=O) groups excluding carboxylic acids is 2. The molecule has 2 aromatic carbocycles. The number of aliphatic hydroxyl groups is 1. The van der Waals surface area contributed by atoms with Gasteiger partial charge in [-0.25, -0.2) is 0 Å². The minimum absolute atomic E-state index is 0.0540. The van der Waals surface area contributed by atoms with Crippen LogP contribution in [0.25, 0.3) is 0 Å². The van der Waals surface area contributed by atoms with Crippen molar-refractivity contribution in [2.24, 2.45) is 0 Å². The molecule has 3 aromatic rings. The Morgan fingerprint density at radius 3 is 2.44 bits per heavy atom. The summed E-state index contributed by atoms with van der Waals surface area (Å²) < 4.78 is 51.8. The number of nitrogens with one attached hydrogen (secondary N) is 1. The third kappa shape index (κ3) is 8.46. The number of amides is 2. The van der Waals surface area contributed by atoms with Gasteiger partial charge in [-0.2, -0.15) is 13.2 Å². The molecular formula is C33H37F3N4O5. The Bertz CT molecular complexity index is 1420. The minimum atomic E-state index is -5.03. The number of alkyl halides is 3. The van der Waals surface area contributed by atoms with Crippen molar-refractivity contribution < 1.29 is 37.3 Å². The van der Waals surface area contributed by atoms with E-state index in [1.807, 2.05) is 49.5 Å². The highest BCUT2D eigenvalue weighted by Gasteiger charge is 2.47. The van der Waals surface area contributed by atoms with Crippen LogP contribution in [0.2, 0.25) is 0 Å². The van der Waals surface area contributed by atoms with Crippen molar-refractivity contribution in [3.63, 3.8) is 0 Å². The molecule has 2 N–H and O–H groups in total. The number of rotatable bonds is 10. The quantitative estimate of drug-likeness (QED) is 0.334. The zero-order valence-corrected chi connectivity index (χ0v) is 25.0. The molecule has 240 valence electrons. The van der Waals surface area contributed by atoms with E-state index in [4.69, 9.17) is 9.47 Å². The number of hydrogen-bond acceptors (Lipinski definition) is 7. The summed E-state index contributed by atoms with van der Waals surface area (Å²) in [7, 11) is 2.03. The van der Waals surface area contributed by atoms with E-state index in [1.165, 1.54) is 0 Å². The van der Waals surface area contributed by atoms with E-state index >= 15 is 0 Å². The van der Waals surface area contributed by atoms with E-state index in [2.05, 4.69) is 15.2 Å². The molecule has 0 saturated carbocycles. The molecule has 0 radical (unpaired) electrons. The molecule has 0 aliphatic carbocycles. The number of aromatic nitrogens is 1. The fourth-order valence-corrected chi connectivity index (χ4v) is 5.72. The van der Waals surface area contributed by atoms with Gasteiger partial charge in [0.15, 0.2) is 6.29 Å². The highest BCUT2D eigenvalue weighted by atomic mass is 19.4. The van der Waals surface area contributed by atoms with Gasteiger partial charge in [0, 0.05) is 55.6 Å². The predicted octanol–water partition coefficient (Wildman–Crippen LogP) is 4.79. The number of pyridine rings is 1. The molecule has 5 rings (SSSR count). The molecule has 12 heteroatoms. The van der Waals surface area contributed by atoms with E-state index in [9.17, 15) is 27.9 Å². The monoisotopic (exact) mass is 626 g/mol. The van der Waals surface area contributed by atoms with Gasteiger partial charge in [0.2, 0.25) is 5.91 Å². The smallest absolute Gasteiger partial charge is 0.392 e. The normalized spacial score (nSPS) is 22.0. The highest BCUT2D eigenvalue weighted by Crippen LogP contribution is 2.38. The zero-order chi connectivity index (χ0) is 32.0. The molecule has 0 spiro atoms. The summed E-state index contributed by atoms with van der Waals surface area (Å²) in [4.78, 5) is 31.8. The van der Waals surface area contributed by atoms with Gasteiger partial charge in [-0.3, -0.25) is 14.6 Å². The van der Waals surface area contributed by atoms with Gasteiger partial charge in [0.25, 0.3) is 0 Å². The Morgan fingerprint density at radius 1 is 1.04 bits per heavy atom. The Hall–Kier alpha value is -3.84. The molecule has 2 aliphatic heterocycles. The van der Waals surface area contributed by atoms with Crippen LogP contribution in [-0.2, 0) is 32.1 Å². The van der Waals surface area contributed by atoms with Crippen molar-refractivity contribution in [2.75, 3.05) is 32.0 Å². The molecular weight excluding hydrogens is 589 g/mol. The standard InChI is InChI=1S/C33H37F3N4O5/c1-39(18-15-25-5-2-3-16-37-25)20-27-19-29(23-9-7-22(21-41)8-10-23)45-31(44-27)24-11-13-26(14-12-24)38-30(42)28-6-4-17-40(28)32(43)33(34,35)36/h2-3,5,7-14,16,27-29,31,41H,4,6,15,17-21H2,1H3,(H,38,42)/t27-,28+,29+,31+/m1/s1. The number of carbonyl (C=O) groups is 2. The van der Waals surface area contributed by atoms with Crippen LogP contribution in [0.1, 0.15) is 54.0 Å². The topological polar surface area (TPSA) is 104 Å². The number of nitrogens with zero attached hydrogens (tertiary/aromatic N) is 3. The molecule has 2 saturated heterocycles. The number of benzene rings is 2. The number of aliphatic hydroxyl groups excluding tert-OH is 1. The zero-order valence-electron chi connectivity index (χ0n) is 25.0. The van der Waals surface area contributed by atoms with Crippen LogP contribution in [0.4, 0.5) is 18.9 Å². The largest absolute Gasteiger partial charge is 0.471 e. The lowest BCUT2D eigenvalue weighted by atomic mass is 9.99. The second-order valence-electron chi connectivity index (χ2n) is 11.4. The second-order valence-corrected chi connectivity index (χ2v) is 11.4. The number of halogens is 3. The third-order valence-electron chi connectivity index (χ3n) is 8.12. The number of anilines is 1. The van der Waals surface area contributed by atoms with Crippen molar-refractivity contribution >= 4 is 17.5 Å². The molecule has 3 heterocycles. The Balaban J connectivity index is 1.26. The number of likely N-dealkylation sites (N-methyl/N-ethyl adjacent to an activating group) is 1. The summed E-state index contributed by atoms with van der Waals surface area (Å²) >= 11 is 0. The average molecular weight is 627 g/mol. The molecule has 2 aliphatic rings. The van der Waals surface area contributed by atoms with Crippen LogP contribution >= 0.6 is 0 Å². The van der Waals surface area contributed by atoms with Crippen molar-refractivity contribution in [3.8, 4) is 0 Å². The first-order valence-electron chi connectivity index (χ1n) is 15.0. The molecule has 2 amide bonds. The van der Waals surface area contributed by atoms with Crippen LogP contribution in [0.3, 0.4) is 0 Å². The predicted molar refractivity (Wildman–Crippen MR) is 160 cm³/mol. The lowest BCUT2D eigenvalue weighted by molar-refractivity contribution is -0.252. The molecule has 2 fully saturated rings. The van der Waals surface area contributed by atoms with Crippen molar-refractivity contribution in [1.82, 2.24) is 14.8 Å². The van der Waals surface area contributed by atoms with Crippen molar-refractivity contribution in [3.05, 3.63) is 95.3 Å². The summed E-state index contributed by atoms with van der Waals surface area (Å²) in [6.07, 6.45) is -2.51. The lowest BCUT2D eigenvalue weighted by Gasteiger charge is -2.38.